The van der Waals surface area contributed by atoms with Crippen LogP contribution in [0, 0.1) is 11.6 Å². The Morgan fingerprint density at radius 1 is 1.33 bits per heavy atom. The first-order chi connectivity index (χ1) is 6.83. The lowest BCUT2D eigenvalue weighted by molar-refractivity contribution is 0.0800. The molecule has 0 saturated heterocycles. The average Bonchev–Trinajstić information content (AvgIpc) is 1.99. The van der Waals surface area contributed by atoms with Crippen molar-refractivity contribution >= 4 is 0 Å². The highest BCUT2D eigenvalue weighted by molar-refractivity contribution is 5.36. The van der Waals surface area contributed by atoms with Crippen molar-refractivity contribution in [1.82, 2.24) is 0 Å². The molecule has 0 radical (unpaired) electrons. The molecule has 0 aliphatic carbocycles. The van der Waals surface area contributed by atoms with Gasteiger partial charge in [0.15, 0.2) is 11.6 Å². The van der Waals surface area contributed by atoms with Crippen LogP contribution in [0.1, 0.15) is 19.4 Å². The van der Waals surface area contributed by atoms with Crippen LogP contribution in [0.25, 0.3) is 0 Å². The van der Waals surface area contributed by atoms with Gasteiger partial charge in [0, 0.05) is 18.1 Å². The third kappa shape index (κ3) is 3.16. The number of rotatable bonds is 3. The maximum Gasteiger partial charge on any atom is 0.168 e. The second-order valence-electron chi connectivity index (χ2n) is 4.07. The first kappa shape index (κ1) is 11.9. The Morgan fingerprint density at radius 2 is 1.93 bits per heavy atom. The molecule has 0 aliphatic heterocycles. The molecule has 1 aromatic rings. The lowest BCUT2D eigenvalue weighted by atomic mass is 9.98. The third-order valence-corrected chi connectivity index (χ3v) is 1.91. The van der Waals surface area contributed by atoms with Crippen LogP contribution in [0.2, 0.25) is 0 Å². The zero-order valence-corrected chi connectivity index (χ0v) is 8.97. The number of hydrogen-bond acceptors (Lipinski definition) is 2. The molecule has 2 nitrogen and oxygen atoms in total. The molecule has 1 aromatic carbocycles. The van der Waals surface area contributed by atoms with Crippen LogP contribution in [0.4, 0.5) is 8.78 Å². The summed E-state index contributed by atoms with van der Waals surface area (Å²) in [7, 11) is 1.31. The van der Waals surface area contributed by atoms with Gasteiger partial charge in [-0.25, -0.2) is 8.78 Å². The van der Waals surface area contributed by atoms with E-state index in [0.29, 0.717) is 5.56 Å². The quantitative estimate of drug-likeness (QED) is 0.840. The largest absolute Gasteiger partial charge is 0.493 e. The Bertz CT molecular complexity index is 356. The van der Waals surface area contributed by atoms with Crippen LogP contribution < -0.4 is 4.74 Å². The van der Waals surface area contributed by atoms with E-state index in [4.69, 9.17) is 4.74 Å². The predicted molar refractivity (Wildman–Crippen MR) is 52.9 cm³/mol. The van der Waals surface area contributed by atoms with E-state index in [1.54, 1.807) is 13.8 Å². The van der Waals surface area contributed by atoms with Crippen molar-refractivity contribution in [3.63, 3.8) is 0 Å². The maximum atomic E-state index is 13.2. The van der Waals surface area contributed by atoms with Gasteiger partial charge in [0.1, 0.15) is 5.82 Å². The number of methoxy groups -OCH3 is 1. The van der Waals surface area contributed by atoms with Crippen LogP contribution in [-0.4, -0.2) is 17.8 Å². The summed E-state index contributed by atoms with van der Waals surface area (Å²) in [5.74, 6) is -1.44. The average molecular weight is 216 g/mol. The molecule has 4 heteroatoms. The number of hydrogen-bond donors (Lipinski definition) is 1. The van der Waals surface area contributed by atoms with Crippen molar-refractivity contribution in [2.24, 2.45) is 0 Å². The molecule has 0 amide bonds. The molecule has 15 heavy (non-hydrogen) atoms. The fraction of sp³-hybridized carbons (Fsp3) is 0.455. The Hall–Kier alpha value is -1.16. The molecule has 0 aromatic heterocycles. The molecule has 0 bridgehead atoms. The van der Waals surface area contributed by atoms with Gasteiger partial charge in [-0.1, -0.05) is 0 Å². The SMILES string of the molecule is COc1c(F)cc(F)cc1CC(C)(C)O. The van der Waals surface area contributed by atoms with Crippen molar-refractivity contribution in [3.05, 3.63) is 29.3 Å². The minimum Gasteiger partial charge on any atom is -0.493 e. The molecule has 0 fully saturated rings. The summed E-state index contributed by atoms with van der Waals surface area (Å²) in [4.78, 5) is 0. The van der Waals surface area contributed by atoms with E-state index in [1.807, 2.05) is 0 Å². The molecule has 0 saturated carbocycles. The minimum atomic E-state index is -1.03. The van der Waals surface area contributed by atoms with Gasteiger partial charge in [-0.15, -0.1) is 0 Å². The van der Waals surface area contributed by atoms with E-state index in [9.17, 15) is 13.9 Å². The summed E-state index contributed by atoms with van der Waals surface area (Å²) in [6, 6.07) is 1.92. The van der Waals surface area contributed by atoms with Crippen LogP contribution in [0.5, 0.6) is 5.75 Å². The van der Waals surface area contributed by atoms with Gasteiger partial charge in [-0.05, 0) is 19.9 Å². The molecule has 1 N–H and O–H groups in total. The van der Waals surface area contributed by atoms with Gasteiger partial charge in [0.25, 0.3) is 0 Å². The van der Waals surface area contributed by atoms with Crippen LogP contribution in [-0.2, 0) is 6.42 Å². The lowest BCUT2D eigenvalue weighted by Gasteiger charge is -2.19. The second kappa shape index (κ2) is 4.14. The first-order valence-corrected chi connectivity index (χ1v) is 4.58. The number of ether oxygens (including phenoxy) is 1. The normalized spacial score (nSPS) is 11.6. The monoisotopic (exact) mass is 216 g/mol. The Kier molecular flexibility index (Phi) is 3.29. The third-order valence-electron chi connectivity index (χ3n) is 1.91. The molecule has 0 unspecified atom stereocenters. The van der Waals surface area contributed by atoms with Gasteiger partial charge in [-0.2, -0.15) is 0 Å². The highest BCUT2D eigenvalue weighted by Crippen LogP contribution is 2.27. The molecule has 1 rings (SSSR count). The van der Waals surface area contributed by atoms with Crippen molar-refractivity contribution in [3.8, 4) is 5.75 Å². The topological polar surface area (TPSA) is 29.5 Å². The standard InChI is InChI=1S/C11H14F2O2/c1-11(2,14)6-7-4-8(12)5-9(13)10(7)15-3/h4-5,14H,6H2,1-3H3. The van der Waals surface area contributed by atoms with E-state index in [-0.39, 0.29) is 12.2 Å². The fourth-order valence-corrected chi connectivity index (χ4v) is 1.44. The summed E-state index contributed by atoms with van der Waals surface area (Å²) in [6.45, 7) is 3.13. The molecular weight excluding hydrogens is 202 g/mol. The number of benzene rings is 1. The number of aliphatic hydroxyl groups is 1. The van der Waals surface area contributed by atoms with Crippen molar-refractivity contribution in [2.75, 3.05) is 7.11 Å². The maximum absolute atomic E-state index is 13.2. The molecule has 0 heterocycles. The Balaban J connectivity index is 3.15. The summed E-state index contributed by atoms with van der Waals surface area (Å²) in [5, 5.41) is 9.57. The Labute approximate surface area is 87.5 Å². The summed E-state index contributed by atoms with van der Waals surface area (Å²) < 4.78 is 31.0. The van der Waals surface area contributed by atoms with Gasteiger partial charge < -0.3 is 9.84 Å². The van der Waals surface area contributed by atoms with Crippen molar-refractivity contribution < 1.29 is 18.6 Å². The molecule has 84 valence electrons. The summed E-state index contributed by atoms with van der Waals surface area (Å²) in [5.41, 5.74) is -0.712. The lowest BCUT2D eigenvalue weighted by Crippen LogP contribution is -2.22. The smallest absolute Gasteiger partial charge is 0.168 e. The summed E-state index contributed by atoms with van der Waals surface area (Å²) >= 11 is 0. The van der Waals surface area contributed by atoms with E-state index < -0.39 is 17.2 Å². The van der Waals surface area contributed by atoms with Gasteiger partial charge >= 0.3 is 0 Å². The zero-order chi connectivity index (χ0) is 11.6. The van der Waals surface area contributed by atoms with E-state index in [0.717, 1.165) is 6.07 Å². The number of halogens is 2. The van der Waals surface area contributed by atoms with E-state index in [1.165, 1.54) is 13.2 Å². The van der Waals surface area contributed by atoms with Gasteiger partial charge in [-0.3, -0.25) is 0 Å². The molecule has 0 spiro atoms. The molecule has 0 atom stereocenters. The fourth-order valence-electron chi connectivity index (χ4n) is 1.44. The highest BCUT2D eigenvalue weighted by atomic mass is 19.1. The molecule has 0 aliphatic rings. The van der Waals surface area contributed by atoms with Crippen LogP contribution in [0.15, 0.2) is 12.1 Å². The summed E-state index contributed by atoms with van der Waals surface area (Å²) in [6.07, 6.45) is 0.130. The minimum absolute atomic E-state index is 0.0153. The second-order valence-corrected chi connectivity index (χ2v) is 4.07. The van der Waals surface area contributed by atoms with Crippen molar-refractivity contribution in [1.29, 1.82) is 0 Å². The molecular formula is C11H14F2O2. The van der Waals surface area contributed by atoms with Crippen LogP contribution in [0.3, 0.4) is 0 Å². The van der Waals surface area contributed by atoms with E-state index >= 15 is 0 Å². The van der Waals surface area contributed by atoms with Crippen molar-refractivity contribution in [2.45, 2.75) is 25.9 Å². The van der Waals surface area contributed by atoms with Gasteiger partial charge in [0.05, 0.1) is 12.7 Å². The van der Waals surface area contributed by atoms with Crippen LogP contribution >= 0.6 is 0 Å². The Morgan fingerprint density at radius 3 is 2.40 bits per heavy atom. The zero-order valence-electron chi connectivity index (χ0n) is 8.97. The first-order valence-electron chi connectivity index (χ1n) is 4.58. The predicted octanol–water partition coefficient (Wildman–Crippen LogP) is 2.29. The highest BCUT2D eigenvalue weighted by Gasteiger charge is 2.19. The van der Waals surface area contributed by atoms with E-state index in [2.05, 4.69) is 0 Å². The van der Waals surface area contributed by atoms with Gasteiger partial charge in [0.2, 0.25) is 0 Å².